The van der Waals surface area contributed by atoms with Crippen molar-refractivity contribution in [2.45, 2.75) is 32.2 Å². The van der Waals surface area contributed by atoms with Crippen LogP contribution >= 0.6 is 34.5 Å². The molecule has 0 spiro atoms. The second kappa shape index (κ2) is 8.41. The van der Waals surface area contributed by atoms with E-state index < -0.39 is 0 Å². The van der Waals surface area contributed by atoms with E-state index in [0.717, 1.165) is 36.5 Å². The van der Waals surface area contributed by atoms with Gasteiger partial charge in [0.2, 0.25) is 0 Å². The second-order valence-corrected chi connectivity index (χ2v) is 8.99. The van der Waals surface area contributed by atoms with Crippen molar-refractivity contribution < 1.29 is 4.79 Å². The number of hydrogen-bond acceptors (Lipinski definition) is 5. The van der Waals surface area contributed by atoms with E-state index in [1.54, 1.807) is 23.5 Å². The summed E-state index contributed by atoms with van der Waals surface area (Å²) >= 11 is 14.2. The molecule has 0 saturated carbocycles. The summed E-state index contributed by atoms with van der Waals surface area (Å²) in [6.07, 6.45) is 3.42. The van der Waals surface area contributed by atoms with Crippen molar-refractivity contribution >= 4 is 51.8 Å². The highest BCUT2D eigenvalue weighted by molar-refractivity contribution is 7.10. The maximum Gasteiger partial charge on any atom is 0.282 e. The number of anilines is 1. The number of carbonyl (C=O) groups is 1. The highest BCUT2D eigenvalue weighted by Gasteiger charge is 2.40. The van der Waals surface area contributed by atoms with Gasteiger partial charge in [0.1, 0.15) is 5.71 Å². The molecule has 1 aromatic carbocycles. The van der Waals surface area contributed by atoms with Crippen molar-refractivity contribution in [1.29, 1.82) is 0 Å². The van der Waals surface area contributed by atoms with Crippen molar-refractivity contribution in [3.05, 3.63) is 50.6 Å². The van der Waals surface area contributed by atoms with Crippen molar-refractivity contribution in [3.63, 3.8) is 0 Å². The topological polar surface area (TPSA) is 47.9 Å². The van der Waals surface area contributed by atoms with Crippen LogP contribution in [-0.4, -0.2) is 29.7 Å². The molecular weight excluding hydrogens is 415 g/mol. The molecule has 1 aromatic heterocycles. The number of nitrogens with zero attached hydrogens (tertiary/aromatic N) is 3. The molecule has 4 rings (SSSR count). The van der Waals surface area contributed by atoms with Gasteiger partial charge < -0.3 is 0 Å². The summed E-state index contributed by atoms with van der Waals surface area (Å²) in [7, 11) is 0. The Labute approximate surface area is 178 Å². The van der Waals surface area contributed by atoms with Crippen molar-refractivity contribution in [3.8, 4) is 0 Å². The number of hydrogen-bond donors (Lipinski definition) is 1. The number of halogens is 2. The maximum absolute atomic E-state index is 13.0. The Hall–Kier alpha value is -1.60. The van der Waals surface area contributed by atoms with Crippen LogP contribution in [-0.2, 0) is 4.79 Å². The molecule has 1 saturated heterocycles. The van der Waals surface area contributed by atoms with Crippen molar-refractivity contribution in [2.75, 3.05) is 18.1 Å². The van der Waals surface area contributed by atoms with Gasteiger partial charge in [-0.15, -0.1) is 11.3 Å². The molecule has 1 fully saturated rings. The van der Waals surface area contributed by atoms with Crippen LogP contribution in [0.3, 0.4) is 0 Å². The first-order valence-electron chi connectivity index (χ1n) is 9.46. The first kappa shape index (κ1) is 19.7. The molecule has 1 amide bonds. The number of nitrogens with one attached hydrogen (secondary N) is 1. The van der Waals surface area contributed by atoms with Crippen molar-refractivity contribution in [2.24, 2.45) is 11.0 Å². The number of carbonyl (C=O) groups excluding carboxylic acids is 1. The van der Waals surface area contributed by atoms with E-state index in [2.05, 4.69) is 11.5 Å². The van der Waals surface area contributed by atoms with Gasteiger partial charge in [0.05, 0.1) is 16.8 Å². The van der Waals surface area contributed by atoms with Crippen LogP contribution in [0.15, 0.2) is 40.8 Å². The van der Waals surface area contributed by atoms with Gasteiger partial charge in [-0.2, -0.15) is 5.10 Å². The highest BCUT2D eigenvalue weighted by Crippen LogP contribution is 2.43. The van der Waals surface area contributed by atoms with Gasteiger partial charge in [-0.3, -0.25) is 15.2 Å². The summed E-state index contributed by atoms with van der Waals surface area (Å²) in [5.41, 5.74) is 4.31. The summed E-state index contributed by atoms with van der Waals surface area (Å²) in [5, 5.41) is 11.7. The zero-order valence-corrected chi connectivity index (χ0v) is 17.9. The molecule has 0 radical (unpaired) electrons. The lowest BCUT2D eigenvalue weighted by molar-refractivity contribution is -0.120. The first-order valence-corrected chi connectivity index (χ1v) is 11.1. The van der Waals surface area contributed by atoms with Crippen molar-refractivity contribution in [1.82, 2.24) is 10.4 Å². The molecule has 0 aliphatic carbocycles. The quantitative estimate of drug-likeness (QED) is 0.722. The Morgan fingerprint density at radius 3 is 2.68 bits per heavy atom. The summed E-state index contributed by atoms with van der Waals surface area (Å²) in [6, 6.07) is 9.35. The number of thiophene rings is 1. The zero-order chi connectivity index (χ0) is 19.7. The lowest BCUT2D eigenvalue weighted by Crippen LogP contribution is -2.48. The molecule has 2 aromatic rings. The smallest absolute Gasteiger partial charge is 0.282 e. The summed E-state index contributed by atoms with van der Waals surface area (Å²) < 4.78 is 0. The number of hydrazone groups is 1. The predicted octanol–water partition coefficient (Wildman–Crippen LogP) is 5.13. The van der Waals surface area contributed by atoms with Gasteiger partial charge >= 0.3 is 0 Å². The Morgan fingerprint density at radius 2 is 2.00 bits per heavy atom. The van der Waals surface area contributed by atoms with E-state index in [-0.39, 0.29) is 17.9 Å². The molecule has 2 atom stereocenters. The molecule has 148 valence electrons. The lowest BCUT2D eigenvalue weighted by atomic mass is 9.95. The molecule has 0 bridgehead atoms. The van der Waals surface area contributed by atoms with E-state index in [1.165, 1.54) is 6.42 Å². The number of amides is 1. The zero-order valence-electron chi connectivity index (χ0n) is 15.6. The van der Waals surface area contributed by atoms with E-state index >= 15 is 0 Å². The minimum atomic E-state index is -0.136. The minimum Gasteiger partial charge on any atom is -0.284 e. The van der Waals surface area contributed by atoms with E-state index in [4.69, 9.17) is 28.3 Å². The standard InChI is InChI=1S/C20H22Cl2N4OS/c1-13-18(20(27)24-25-9-3-2-4-10-25)23-26(19(13)17-6-5-11-28-17)16-8-7-14(21)12-15(16)22/h5-8,11-13,19H,2-4,9-10H2,1H3,(H,24,27)/t13-,19+/m1/s1. The third-order valence-electron chi connectivity index (χ3n) is 5.22. The van der Waals surface area contributed by atoms with Crippen LogP contribution in [0.2, 0.25) is 10.0 Å². The largest absolute Gasteiger partial charge is 0.284 e. The molecule has 0 unspecified atom stereocenters. The predicted molar refractivity (Wildman–Crippen MR) is 116 cm³/mol. The van der Waals surface area contributed by atoms with Crippen LogP contribution < -0.4 is 10.4 Å². The van der Waals surface area contributed by atoms with Crippen LogP contribution in [0.1, 0.15) is 37.1 Å². The summed E-state index contributed by atoms with van der Waals surface area (Å²) in [6.45, 7) is 3.81. The fourth-order valence-corrected chi connectivity index (χ4v) is 5.20. The van der Waals surface area contributed by atoms with E-state index in [9.17, 15) is 4.79 Å². The molecule has 28 heavy (non-hydrogen) atoms. The van der Waals surface area contributed by atoms with Gasteiger partial charge in [-0.05, 0) is 42.5 Å². The SMILES string of the molecule is C[C@@H]1C(C(=O)NN2CCCCC2)=NN(c2ccc(Cl)cc2Cl)[C@@H]1c1cccs1. The van der Waals surface area contributed by atoms with E-state index in [1.807, 2.05) is 34.5 Å². The average molecular weight is 437 g/mol. The number of rotatable bonds is 4. The number of benzene rings is 1. The molecule has 1 N–H and O–H groups in total. The molecule has 2 aliphatic rings. The maximum atomic E-state index is 13.0. The summed E-state index contributed by atoms with van der Waals surface area (Å²) in [5.74, 6) is -0.210. The molecular formula is C20H22Cl2N4OS. The Kier molecular flexibility index (Phi) is 5.92. The fraction of sp³-hybridized carbons (Fsp3) is 0.400. The van der Waals surface area contributed by atoms with Crippen LogP contribution in [0, 0.1) is 5.92 Å². The third-order valence-corrected chi connectivity index (χ3v) is 6.70. The molecule has 8 heteroatoms. The Morgan fingerprint density at radius 1 is 1.21 bits per heavy atom. The third kappa shape index (κ3) is 3.92. The first-order chi connectivity index (χ1) is 13.5. The highest BCUT2D eigenvalue weighted by atomic mass is 35.5. The number of piperidine rings is 1. The Bertz CT molecular complexity index is 880. The monoisotopic (exact) mass is 436 g/mol. The van der Waals surface area contributed by atoms with Crippen LogP contribution in [0.5, 0.6) is 0 Å². The number of hydrazine groups is 1. The van der Waals surface area contributed by atoms with Gasteiger partial charge in [0, 0.05) is 28.9 Å². The summed E-state index contributed by atoms with van der Waals surface area (Å²) in [4.78, 5) is 14.1. The molecule has 2 aliphatic heterocycles. The fourth-order valence-electron chi connectivity index (χ4n) is 3.79. The van der Waals surface area contributed by atoms with Gasteiger partial charge in [-0.25, -0.2) is 5.01 Å². The molecule has 3 heterocycles. The van der Waals surface area contributed by atoms with E-state index in [0.29, 0.717) is 15.8 Å². The van der Waals surface area contributed by atoms with Gasteiger partial charge in [-0.1, -0.05) is 42.6 Å². The van der Waals surface area contributed by atoms with Gasteiger partial charge in [0.25, 0.3) is 5.91 Å². The Balaban J connectivity index is 1.65. The second-order valence-electron chi connectivity index (χ2n) is 7.16. The minimum absolute atomic E-state index is 0.0739. The normalized spacial score (nSPS) is 23.0. The lowest BCUT2D eigenvalue weighted by Gasteiger charge is -2.27. The molecule has 5 nitrogen and oxygen atoms in total. The average Bonchev–Trinajstić information content (AvgIpc) is 3.30. The van der Waals surface area contributed by atoms with Crippen LogP contribution in [0.25, 0.3) is 0 Å². The van der Waals surface area contributed by atoms with Crippen LogP contribution in [0.4, 0.5) is 5.69 Å². The van der Waals surface area contributed by atoms with Gasteiger partial charge in [0.15, 0.2) is 0 Å².